The Morgan fingerprint density at radius 2 is 1.79 bits per heavy atom. The molecular formula is C15H14ClNO2. The molecule has 2 aromatic rings. The quantitative estimate of drug-likeness (QED) is 0.854. The molecule has 0 radical (unpaired) electrons. The van der Waals surface area contributed by atoms with E-state index in [0.717, 1.165) is 0 Å². The summed E-state index contributed by atoms with van der Waals surface area (Å²) in [6.45, 7) is 0.915. The maximum Gasteiger partial charge on any atom is 0.194 e. The number of ether oxygens (including phenoxy) is 1. The maximum absolute atomic E-state index is 12.2. The van der Waals surface area contributed by atoms with Crippen LogP contribution < -0.4 is 10.5 Å². The molecule has 4 heteroatoms. The zero-order valence-electron chi connectivity index (χ0n) is 10.3. The highest BCUT2D eigenvalue weighted by Gasteiger charge is 2.12. The Morgan fingerprint density at radius 1 is 1.11 bits per heavy atom. The van der Waals surface area contributed by atoms with Gasteiger partial charge in [0.25, 0.3) is 0 Å². The molecule has 0 spiro atoms. The van der Waals surface area contributed by atoms with E-state index < -0.39 is 0 Å². The highest BCUT2D eigenvalue weighted by molar-refractivity contribution is 6.34. The first kappa shape index (κ1) is 13.6. The molecule has 0 fully saturated rings. The normalized spacial score (nSPS) is 10.2. The zero-order valence-corrected chi connectivity index (χ0v) is 11.1. The first-order valence-corrected chi connectivity index (χ1v) is 6.32. The van der Waals surface area contributed by atoms with Crippen molar-refractivity contribution >= 4 is 17.4 Å². The van der Waals surface area contributed by atoms with Crippen LogP contribution in [0.2, 0.25) is 5.02 Å². The minimum atomic E-state index is -0.101. The van der Waals surface area contributed by atoms with Gasteiger partial charge in [0.1, 0.15) is 12.4 Å². The van der Waals surface area contributed by atoms with E-state index in [9.17, 15) is 4.79 Å². The number of benzene rings is 2. The van der Waals surface area contributed by atoms with Gasteiger partial charge in [-0.05, 0) is 36.4 Å². The second-order valence-corrected chi connectivity index (χ2v) is 4.38. The second kappa shape index (κ2) is 6.36. The van der Waals surface area contributed by atoms with E-state index in [2.05, 4.69) is 0 Å². The molecule has 0 heterocycles. The van der Waals surface area contributed by atoms with Crippen LogP contribution in [-0.4, -0.2) is 18.9 Å². The Labute approximate surface area is 117 Å². The summed E-state index contributed by atoms with van der Waals surface area (Å²) < 4.78 is 5.36. The number of rotatable bonds is 5. The minimum Gasteiger partial charge on any atom is -0.492 e. The fraction of sp³-hybridized carbons (Fsp3) is 0.133. The van der Waals surface area contributed by atoms with E-state index >= 15 is 0 Å². The average molecular weight is 276 g/mol. The second-order valence-electron chi connectivity index (χ2n) is 3.97. The molecule has 3 nitrogen and oxygen atoms in total. The van der Waals surface area contributed by atoms with Gasteiger partial charge < -0.3 is 10.5 Å². The van der Waals surface area contributed by atoms with Gasteiger partial charge in [-0.2, -0.15) is 0 Å². The fourth-order valence-electron chi connectivity index (χ4n) is 1.68. The molecule has 19 heavy (non-hydrogen) atoms. The van der Waals surface area contributed by atoms with E-state index in [1.807, 2.05) is 0 Å². The number of carbonyl (C=O) groups is 1. The van der Waals surface area contributed by atoms with Crippen molar-refractivity contribution in [2.75, 3.05) is 13.2 Å². The Hall–Kier alpha value is -1.84. The highest BCUT2D eigenvalue weighted by Crippen LogP contribution is 2.20. The third kappa shape index (κ3) is 3.34. The van der Waals surface area contributed by atoms with Gasteiger partial charge in [0.2, 0.25) is 0 Å². The van der Waals surface area contributed by atoms with Crippen LogP contribution in [0, 0.1) is 0 Å². The summed E-state index contributed by atoms with van der Waals surface area (Å²) in [6.07, 6.45) is 0. The molecule has 2 aromatic carbocycles. The topological polar surface area (TPSA) is 52.3 Å². The fourth-order valence-corrected chi connectivity index (χ4v) is 1.90. The lowest BCUT2D eigenvalue weighted by molar-refractivity contribution is 0.103. The maximum atomic E-state index is 12.2. The van der Waals surface area contributed by atoms with Crippen molar-refractivity contribution in [2.45, 2.75) is 0 Å². The van der Waals surface area contributed by atoms with Crippen molar-refractivity contribution in [3.63, 3.8) is 0 Å². The molecule has 0 bridgehead atoms. The van der Waals surface area contributed by atoms with Crippen LogP contribution in [0.1, 0.15) is 15.9 Å². The van der Waals surface area contributed by atoms with Crippen molar-refractivity contribution in [3.05, 3.63) is 64.7 Å². The van der Waals surface area contributed by atoms with Crippen LogP contribution in [0.3, 0.4) is 0 Å². The standard InChI is InChI=1S/C15H14ClNO2/c16-14-4-2-1-3-13(14)15(18)11-5-7-12(8-6-11)19-10-9-17/h1-8H,9-10,17H2. The van der Waals surface area contributed by atoms with Crippen molar-refractivity contribution in [3.8, 4) is 5.75 Å². The summed E-state index contributed by atoms with van der Waals surface area (Å²) in [4.78, 5) is 12.2. The van der Waals surface area contributed by atoms with Crippen LogP contribution in [0.15, 0.2) is 48.5 Å². The summed E-state index contributed by atoms with van der Waals surface area (Å²) in [5.41, 5.74) is 6.43. The van der Waals surface area contributed by atoms with Crippen LogP contribution in [0.5, 0.6) is 5.75 Å². The number of halogens is 1. The number of hydrogen-bond donors (Lipinski definition) is 1. The molecular weight excluding hydrogens is 262 g/mol. The lowest BCUT2D eigenvalue weighted by Crippen LogP contribution is -2.10. The molecule has 0 aromatic heterocycles. The highest BCUT2D eigenvalue weighted by atomic mass is 35.5. The molecule has 0 unspecified atom stereocenters. The van der Waals surface area contributed by atoms with Gasteiger partial charge in [0, 0.05) is 17.7 Å². The molecule has 0 atom stereocenters. The van der Waals surface area contributed by atoms with Crippen molar-refractivity contribution < 1.29 is 9.53 Å². The number of carbonyl (C=O) groups excluding carboxylic acids is 1. The number of hydrogen-bond acceptors (Lipinski definition) is 3. The predicted molar refractivity (Wildman–Crippen MR) is 75.9 cm³/mol. The number of ketones is 1. The van der Waals surface area contributed by atoms with Gasteiger partial charge in [-0.25, -0.2) is 0 Å². The Bertz CT molecular complexity index is 567. The van der Waals surface area contributed by atoms with Crippen molar-refractivity contribution in [1.29, 1.82) is 0 Å². The van der Waals surface area contributed by atoms with E-state index in [1.165, 1.54) is 0 Å². The molecule has 0 amide bonds. The van der Waals surface area contributed by atoms with Crippen molar-refractivity contribution in [1.82, 2.24) is 0 Å². The van der Waals surface area contributed by atoms with E-state index in [4.69, 9.17) is 22.1 Å². The van der Waals surface area contributed by atoms with Gasteiger partial charge in [-0.1, -0.05) is 23.7 Å². The smallest absolute Gasteiger partial charge is 0.194 e. The number of nitrogens with two attached hydrogens (primary N) is 1. The summed E-state index contributed by atoms with van der Waals surface area (Å²) >= 11 is 6.01. The van der Waals surface area contributed by atoms with Crippen LogP contribution in [-0.2, 0) is 0 Å². The third-order valence-electron chi connectivity index (χ3n) is 2.62. The largest absolute Gasteiger partial charge is 0.492 e. The molecule has 98 valence electrons. The van der Waals surface area contributed by atoms with Gasteiger partial charge >= 0.3 is 0 Å². The zero-order chi connectivity index (χ0) is 13.7. The minimum absolute atomic E-state index is 0.101. The molecule has 0 saturated carbocycles. The molecule has 0 aliphatic rings. The summed E-state index contributed by atoms with van der Waals surface area (Å²) in [5.74, 6) is 0.595. The first-order valence-electron chi connectivity index (χ1n) is 5.94. The lowest BCUT2D eigenvalue weighted by Gasteiger charge is -2.06. The SMILES string of the molecule is NCCOc1ccc(C(=O)c2ccccc2Cl)cc1. The Balaban J connectivity index is 2.18. The summed E-state index contributed by atoms with van der Waals surface area (Å²) in [5, 5.41) is 0.455. The monoisotopic (exact) mass is 275 g/mol. The summed E-state index contributed by atoms with van der Waals surface area (Å²) in [6, 6.07) is 13.9. The summed E-state index contributed by atoms with van der Waals surface area (Å²) in [7, 11) is 0. The van der Waals surface area contributed by atoms with Crippen LogP contribution in [0.4, 0.5) is 0 Å². The van der Waals surface area contributed by atoms with E-state index in [1.54, 1.807) is 48.5 Å². The van der Waals surface area contributed by atoms with Gasteiger partial charge in [0.15, 0.2) is 5.78 Å². The van der Waals surface area contributed by atoms with Gasteiger partial charge in [-0.3, -0.25) is 4.79 Å². The van der Waals surface area contributed by atoms with Crippen LogP contribution >= 0.6 is 11.6 Å². The van der Waals surface area contributed by atoms with Crippen molar-refractivity contribution in [2.24, 2.45) is 5.73 Å². The molecule has 0 saturated heterocycles. The van der Waals surface area contributed by atoms with E-state index in [-0.39, 0.29) is 5.78 Å². The molecule has 0 aliphatic heterocycles. The predicted octanol–water partition coefficient (Wildman–Crippen LogP) is 2.91. The van der Waals surface area contributed by atoms with E-state index in [0.29, 0.717) is 35.1 Å². The first-order chi connectivity index (χ1) is 9.22. The Morgan fingerprint density at radius 3 is 2.42 bits per heavy atom. The van der Waals surface area contributed by atoms with Gasteiger partial charge in [-0.15, -0.1) is 0 Å². The molecule has 2 N–H and O–H groups in total. The van der Waals surface area contributed by atoms with Gasteiger partial charge in [0.05, 0.1) is 5.02 Å². The molecule has 2 rings (SSSR count). The lowest BCUT2D eigenvalue weighted by atomic mass is 10.0. The average Bonchev–Trinajstić information content (AvgIpc) is 2.45. The van der Waals surface area contributed by atoms with Crippen LogP contribution in [0.25, 0.3) is 0 Å². The Kier molecular flexibility index (Phi) is 4.55. The molecule has 0 aliphatic carbocycles. The third-order valence-corrected chi connectivity index (χ3v) is 2.95.